The van der Waals surface area contributed by atoms with Gasteiger partial charge in [-0.1, -0.05) is 63.9 Å². The molecule has 0 nitrogen and oxygen atoms in total. The summed E-state index contributed by atoms with van der Waals surface area (Å²) in [6, 6.07) is 16.7. The van der Waals surface area contributed by atoms with Crippen LogP contribution >= 0.6 is 27.5 Å². The van der Waals surface area contributed by atoms with Crippen LogP contribution in [-0.2, 0) is 0 Å². The van der Waals surface area contributed by atoms with Crippen LogP contribution in [0, 0.1) is 6.07 Å². The monoisotopic (exact) mass is 291 g/mol. The third kappa shape index (κ3) is 2.97. The molecular weight excluding hydrogens is 284 g/mol. The fraction of sp³-hybridized carbons (Fsp3) is 0. The molecule has 0 bridgehead atoms. The first kappa shape index (κ1) is 11.4. The molecule has 0 aromatic heterocycles. The van der Waals surface area contributed by atoms with Crippen LogP contribution in [0.2, 0.25) is 5.02 Å². The van der Waals surface area contributed by atoms with Crippen molar-refractivity contribution in [3.05, 3.63) is 69.2 Å². The molecule has 0 fully saturated rings. The quantitative estimate of drug-likeness (QED) is 0.678. The molecule has 2 aromatic rings. The summed E-state index contributed by atoms with van der Waals surface area (Å²) in [5, 5.41) is 0.727. The number of hydrogen-bond donors (Lipinski definition) is 0. The van der Waals surface area contributed by atoms with Gasteiger partial charge in [0.1, 0.15) is 0 Å². The minimum Gasteiger partial charge on any atom is -0.0843 e. The summed E-state index contributed by atoms with van der Waals surface area (Å²) in [5.41, 5.74) is 2.11. The third-order valence-electron chi connectivity index (χ3n) is 2.13. The van der Waals surface area contributed by atoms with Crippen LogP contribution in [0.15, 0.2) is 46.9 Å². The molecule has 79 valence electrons. The molecule has 0 spiro atoms. The van der Waals surface area contributed by atoms with Crippen molar-refractivity contribution in [3.63, 3.8) is 0 Å². The average Bonchev–Trinajstić information content (AvgIpc) is 2.28. The Bertz CT molecular complexity index is 518. The summed E-state index contributed by atoms with van der Waals surface area (Å²) >= 11 is 9.39. The first-order chi connectivity index (χ1) is 7.75. The van der Waals surface area contributed by atoms with Crippen LogP contribution < -0.4 is 0 Å². The molecule has 0 aliphatic carbocycles. The summed E-state index contributed by atoms with van der Waals surface area (Å²) in [5.74, 6) is 0. The van der Waals surface area contributed by atoms with Crippen molar-refractivity contribution >= 4 is 39.7 Å². The van der Waals surface area contributed by atoms with E-state index in [2.05, 4.69) is 22.0 Å². The van der Waals surface area contributed by atoms with Crippen molar-refractivity contribution in [2.75, 3.05) is 0 Å². The molecule has 1 radical (unpaired) electrons. The molecule has 16 heavy (non-hydrogen) atoms. The highest BCUT2D eigenvalue weighted by molar-refractivity contribution is 9.10. The van der Waals surface area contributed by atoms with Crippen molar-refractivity contribution in [2.45, 2.75) is 0 Å². The standard InChI is InChI=1S/C14H9BrCl/c15-14-7-2-1-5-12(14)9-8-11-4-3-6-13(16)10-11/h1-3,5-10H/b9-8+. The Balaban J connectivity index is 2.25. The molecular formula is C14H9BrCl. The minimum atomic E-state index is 0.727. The van der Waals surface area contributed by atoms with Gasteiger partial charge in [-0.2, -0.15) is 0 Å². The molecule has 2 rings (SSSR count). The number of rotatable bonds is 2. The molecule has 0 aliphatic heterocycles. The Kier molecular flexibility index (Phi) is 3.81. The lowest BCUT2D eigenvalue weighted by Crippen LogP contribution is -1.75. The van der Waals surface area contributed by atoms with Crippen molar-refractivity contribution in [1.29, 1.82) is 0 Å². The normalized spacial score (nSPS) is 10.9. The van der Waals surface area contributed by atoms with E-state index in [-0.39, 0.29) is 0 Å². The lowest BCUT2D eigenvalue weighted by Gasteiger charge is -1.97. The molecule has 0 saturated carbocycles. The van der Waals surface area contributed by atoms with Crippen LogP contribution in [-0.4, -0.2) is 0 Å². The third-order valence-corrected chi connectivity index (χ3v) is 3.09. The topological polar surface area (TPSA) is 0 Å². The van der Waals surface area contributed by atoms with Crippen LogP contribution in [0.5, 0.6) is 0 Å². The Morgan fingerprint density at radius 1 is 1.12 bits per heavy atom. The fourth-order valence-corrected chi connectivity index (χ4v) is 1.94. The van der Waals surface area contributed by atoms with Crippen molar-refractivity contribution in [3.8, 4) is 0 Å². The van der Waals surface area contributed by atoms with E-state index < -0.39 is 0 Å². The Morgan fingerprint density at radius 2 is 1.94 bits per heavy atom. The minimum absolute atomic E-state index is 0.727. The van der Waals surface area contributed by atoms with Gasteiger partial charge in [0.05, 0.1) is 0 Å². The van der Waals surface area contributed by atoms with Gasteiger partial charge in [-0.25, -0.2) is 0 Å². The Labute approximate surface area is 109 Å². The van der Waals surface area contributed by atoms with E-state index in [1.807, 2.05) is 54.6 Å². The number of hydrogen-bond acceptors (Lipinski definition) is 0. The zero-order chi connectivity index (χ0) is 11.4. The zero-order valence-corrected chi connectivity index (χ0v) is 10.8. The van der Waals surface area contributed by atoms with Gasteiger partial charge in [-0.05, 0) is 35.4 Å². The van der Waals surface area contributed by atoms with E-state index in [0.717, 1.165) is 20.6 Å². The van der Waals surface area contributed by atoms with Gasteiger partial charge in [0.15, 0.2) is 0 Å². The number of halogens is 2. The average molecular weight is 293 g/mol. The summed E-state index contributed by atoms with van der Waals surface area (Å²) in [6.45, 7) is 0. The molecule has 2 heteroatoms. The lowest BCUT2D eigenvalue weighted by molar-refractivity contribution is 1.60. The maximum absolute atomic E-state index is 5.89. The summed E-state index contributed by atoms with van der Waals surface area (Å²) in [6.07, 6.45) is 4.03. The molecule has 0 saturated heterocycles. The Hall–Kier alpha value is -1.05. The highest BCUT2D eigenvalue weighted by Crippen LogP contribution is 2.19. The first-order valence-electron chi connectivity index (χ1n) is 4.85. The molecule has 2 aromatic carbocycles. The van der Waals surface area contributed by atoms with Crippen LogP contribution in [0.25, 0.3) is 12.2 Å². The van der Waals surface area contributed by atoms with Gasteiger partial charge in [0.25, 0.3) is 0 Å². The van der Waals surface area contributed by atoms with Gasteiger partial charge >= 0.3 is 0 Å². The second-order valence-electron chi connectivity index (χ2n) is 3.32. The fourth-order valence-electron chi connectivity index (χ4n) is 1.34. The Morgan fingerprint density at radius 3 is 2.69 bits per heavy atom. The van der Waals surface area contributed by atoms with E-state index in [0.29, 0.717) is 0 Å². The van der Waals surface area contributed by atoms with Gasteiger partial charge in [-0.3, -0.25) is 0 Å². The van der Waals surface area contributed by atoms with Crippen LogP contribution in [0.1, 0.15) is 11.1 Å². The highest BCUT2D eigenvalue weighted by atomic mass is 79.9. The van der Waals surface area contributed by atoms with E-state index in [1.54, 1.807) is 0 Å². The van der Waals surface area contributed by atoms with Crippen molar-refractivity contribution < 1.29 is 0 Å². The van der Waals surface area contributed by atoms with Gasteiger partial charge in [-0.15, -0.1) is 0 Å². The smallest absolute Gasteiger partial charge is 0.0412 e. The van der Waals surface area contributed by atoms with Gasteiger partial charge in [0.2, 0.25) is 0 Å². The van der Waals surface area contributed by atoms with Gasteiger partial charge < -0.3 is 0 Å². The maximum Gasteiger partial charge on any atom is 0.0412 e. The SMILES string of the molecule is Clc1cc[c]c(/C=C/c2ccccc2Br)c1. The van der Waals surface area contributed by atoms with E-state index in [9.17, 15) is 0 Å². The molecule has 0 N–H and O–H groups in total. The molecule has 0 aliphatic rings. The zero-order valence-electron chi connectivity index (χ0n) is 8.45. The van der Waals surface area contributed by atoms with E-state index in [1.165, 1.54) is 0 Å². The molecule has 0 heterocycles. The van der Waals surface area contributed by atoms with Crippen molar-refractivity contribution in [1.82, 2.24) is 0 Å². The molecule has 0 unspecified atom stereocenters. The van der Waals surface area contributed by atoms with Crippen LogP contribution in [0.3, 0.4) is 0 Å². The number of benzene rings is 2. The summed E-state index contributed by atoms with van der Waals surface area (Å²) < 4.78 is 1.08. The lowest BCUT2D eigenvalue weighted by atomic mass is 10.1. The van der Waals surface area contributed by atoms with E-state index >= 15 is 0 Å². The van der Waals surface area contributed by atoms with Gasteiger partial charge in [0, 0.05) is 9.50 Å². The molecule has 0 atom stereocenters. The molecule has 0 amide bonds. The second-order valence-corrected chi connectivity index (χ2v) is 4.61. The second kappa shape index (κ2) is 5.33. The largest absolute Gasteiger partial charge is 0.0843 e. The van der Waals surface area contributed by atoms with Crippen molar-refractivity contribution in [2.24, 2.45) is 0 Å². The summed E-state index contributed by atoms with van der Waals surface area (Å²) in [4.78, 5) is 0. The maximum atomic E-state index is 5.89. The first-order valence-corrected chi connectivity index (χ1v) is 6.02. The van der Waals surface area contributed by atoms with E-state index in [4.69, 9.17) is 11.6 Å². The summed E-state index contributed by atoms with van der Waals surface area (Å²) in [7, 11) is 0. The van der Waals surface area contributed by atoms with Crippen LogP contribution in [0.4, 0.5) is 0 Å². The predicted octanol–water partition coefficient (Wildman–Crippen LogP) is 5.07. The predicted molar refractivity (Wildman–Crippen MR) is 73.4 cm³/mol. The highest BCUT2D eigenvalue weighted by Gasteiger charge is 1.93.